The highest BCUT2D eigenvalue weighted by atomic mass is 35.5. The molecule has 140 valence electrons. The summed E-state index contributed by atoms with van der Waals surface area (Å²) in [5, 5.41) is 0.0935. The lowest BCUT2D eigenvalue weighted by molar-refractivity contribution is -0.138. The Labute approximate surface area is 158 Å². The van der Waals surface area contributed by atoms with Crippen molar-refractivity contribution >= 4 is 35.8 Å². The average Bonchev–Trinajstić information content (AvgIpc) is 2.53. The molecule has 1 aromatic carbocycles. The molecule has 2 rings (SSSR count). The van der Waals surface area contributed by atoms with Crippen LogP contribution in [0.5, 0.6) is 0 Å². The zero-order chi connectivity index (χ0) is 17.9. The van der Waals surface area contributed by atoms with Gasteiger partial charge in [0.15, 0.2) is 0 Å². The monoisotopic (exact) mass is 391 g/mol. The minimum atomic E-state index is -0.874. The van der Waals surface area contributed by atoms with Crippen LogP contribution in [0.25, 0.3) is 0 Å². The highest BCUT2D eigenvalue weighted by Crippen LogP contribution is 2.21. The van der Waals surface area contributed by atoms with E-state index in [9.17, 15) is 14.0 Å². The van der Waals surface area contributed by atoms with Gasteiger partial charge in [-0.25, -0.2) is 4.39 Å². The van der Waals surface area contributed by atoms with Crippen molar-refractivity contribution in [1.29, 1.82) is 0 Å². The van der Waals surface area contributed by atoms with Crippen molar-refractivity contribution < 1.29 is 14.0 Å². The summed E-state index contributed by atoms with van der Waals surface area (Å²) in [7, 11) is 0. The molecule has 2 N–H and O–H groups in total. The lowest BCUT2D eigenvalue weighted by Crippen LogP contribution is -2.58. The Morgan fingerprint density at radius 2 is 1.80 bits per heavy atom. The molecule has 8 heteroatoms. The second kappa shape index (κ2) is 8.83. The van der Waals surface area contributed by atoms with Gasteiger partial charge >= 0.3 is 0 Å². The number of carbonyl (C=O) groups excluding carboxylic acids is 2. The van der Waals surface area contributed by atoms with Crippen LogP contribution >= 0.6 is 24.0 Å². The number of hydrogen-bond donors (Lipinski definition) is 1. The molecule has 1 saturated heterocycles. The van der Waals surface area contributed by atoms with Crippen LogP contribution in [0.15, 0.2) is 18.2 Å². The van der Waals surface area contributed by atoms with Crippen molar-refractivity contribution in [2.45, 2.75) is 32.2 Å². The first-order valence-corrected chi connectivity index (χ1v) is 8.46. The Hall–Kier alpha value is -1.37. The van der Waals surface area contributed by atoms with E-state index in [-0.39, 0.29) is 34.8 Å². The second-order valence-corrected chi connectivity index (χ2v) is 6.78. The molecule has 0 spiro atoms. The molecule has 1 unspecified atom stereocenters. The highest BCUT2D eigenvalue weighted by Gasteiger charge is 2.34. The Bertz CT molecular complexity index is 632. The summed E-state index contributed by atoms with van der Waals surface area (Å²) in [5.74, 6) is -0.822. The van der Waals surface area contributed by atoms with Crippen molar-refractivity contribution in [1.82, 2.24) is 9.80 Å². The fourth-order valence-corrected chi connectivity index (χ4v) is 3.18. The molecule has 1 fully saturated rings. The third-order valence-electron chi connectivity index (χ3n) is 4.27. The van der Waals surface area contributed by atoms with Gasteiger partial charge in [0.2, 0.25) is 5.91 Å². The van der Waals surface area contributed by atoms with Crippen molar-refractivity contribution in [2.24, 2.45) is 5.73 Å². The number of halogens is 3. The van der Waals surface area contributed by atoms with Gasteiger partial charge in [-0.1, -0.05) is 24.9 Å². The Balaban J connectivity index is 0.00000312. The normalized spacial score (nSPS) is 16.8. The minimum Gasteiger partial charge on any atom is -0.338 e. The lowest BCUT2D eigenvalue weighted by atomic mass is 9.95. The first-order valence-electron chi connectivity index (χ1n) is 8.09. The zero-order valence-electron chi connectivity index (χ0n) is 14.4. The first-order chi connectivity index (χ1) is 11.3. The van der Waals surface area contributed by atoms with E-state index >= 15 is 0 Å². The molecule has 1 aliphatic heterocycles. The summed E-state index contributed by atoms with van der Waals surface area (Å²) in [6.07, 6.45) is 1.45. The number of carbonyl (C=O) groups is 2. The summed E-state index contributed by atoms with van der Waals surface area (Å²) in [6.45, 7) is 5.40. The lowest BCUT2D eigenvalue weighted by Gasteiger charge is -2.38. The van der Waals surface area contributed by atoms with Crippen molar-refractivity contribution in [3.05, 3.63) is 34.6 Å². The predicted molar refractivity (Wildman–Crippen MR) is 98.6 cm³/mol. The third-order valence-corrected chi connectivity index (χ3v) is 4.59. The molecule has 2 amide bonds. The Morgan fingerprint density at radius 1 is 1.24 bits per heavy atom. The van der Waals surface area contributed by atoms with Crippen LogP contribution in [-0.4, -0.2) is 53.3 Å². The van der Waals surface area contributed by atoms with Crippen LogP contribution in [0.4, 0.5) is 4.39 Å². The van der Waals surface area contributed by atoms with E-state index in [1.54, 1.807) is 16.7 Å². The Morgan fingerprint density at radius 3 is 2.32 bits per heavy atom. The molecule has 0 aliphatic carbocycles. The number of benzene rings is 1. The zero-order valence-corrected chi connectivity index (χ0v) is 16.0. The van der Waals surface area contributed by atoms with Crippen molar-refractivity contribution in [2.75, 3.05) is 26.2 Å². The topological polar surface area (TPSA) is 66.6 Å². The van der Waals surface area contributed by atoms with Crippen molar-refractivity contribution in [3.63, 3.8) is 0 Å². The van der Waals surface area contributed by atoms with E-state index < -0.39 is 11.4 Å². The smallest absolute Gasteiger partial charge is 0.255 e. The van der Waals surface area contributed by atoms with E-state index in [1.165, 1.54) is 12.1 Å². The molecule has 0 radical (unpaired) electrons. The Kier molecular flexibility index (Phi) is 7.65. The number of amides is 2. The highest BCUT2D eigenvalue weighted by molar-refractivity contribution is 6.33. The van der Waals surface area contributed by atoms with E-state index in [0.717, 1.165) is 12.5 Å². The number of hydrogen-bond acceptors (Lipinski definition) is 3. The summed E-state index contributed by atoms with van der Waals surface area (Å²) >= 11 is 5.95. The minimum absolute atomic E-state index is 0. The average molecular weight is 392 g/mol. The van der Waals surface area contributed by atoms with Crippen LogP contribution < -0.4 is 5.73 Å². The second-order valence-electron chi connectivity index (χ2n) is 6.38. The molecule has 1 aromatic rings. The SMILES string of the molecule is CCCC(C)(N)C(=O)N1CCN(C(=O)c2ccc(F)cc2Cl)CC1.Cl. The summed E-state index contributed by atoms with van der Waals surface area (Å²) in [5.41, 5.74) is 5.49. The van der Waals surface area contributed by atoms with E-state index in [2.05, 4.69) is 0 Å². The number of nitrogens with zero attached hydrogens (tertiary/aromatic N) is 2. The van der Waals surface area contributed by atoms with E-state index in [1.807, 2.05) is 6.92 Å². The predicted octanol–water partition coefficient (Wildman–Crippen LogP) is 2.70. The maximum Gasteiger partial charge on any atom is 0.255 e. The maximum atomic E-state index is 13.1. The van der Waals surface area contributed by atoms with E-state index in [4.69, 9.17) is 17.3 Å². The first kappa shape index (κ1) is 21.7. The molecule has 5 nitrogen and oxygen atoms in total. The van der Waals surface area contributed by atoms with Crippen LogP contribution in [0.1, 0.15) is 37.0 Å². The molecule has 1 atom stereocenters. The largest absolute Gasteiger partial charge is 0.338 e. The van der Waals surface area contributed by atoms with Gasteiger partial charge in [0.05, 0.1) is 16.1 Å². The summed E-state index contributed by atoms with van der Waals surface area (Å²) in [4.78, 5) is 28.3. The standard InChI is InChI=1S/C17H23ClFN3O2.ClH/c1-3-6-17(2,20)16(24)22-9-7-21(8-10-22)15(23)13-5-4-12(19)11-14(13)18;/h4-5,11H,3,6-10,20H2,1-2H3;1H. The number of rotatable bonds is 4. The van der Waals surface area contributed by atoms with Crippen molar-refractivity contribution in [3.8, 4) is 0 Å². The third kappa shape index (κ3) is 5.06. The van der Waals surface area contributed by atoms with Gasteiger partial charge in [-0.3, -0.25) is 9.59 Å². The number of piperazine rings is 1. The van der Waals surface area contributed by atoms with Crippen LogP contribution in [-0.2, 0) is 4.79 Å². The van der Waals surface area contributed by atoms with Gasteiger partial charge in [0.25, 0.3) is 5.91 Å². The fraction of sp³-hybridized carbons (Fsp3) is 0.529. The molecule has 25 heavy (non-hydrogen) atoms. The molecular weight excluding hydrogens is 368 g/mol. The van der Waals surface area contributed by atoms with E-state index in [0.29, 0.717) is 32.6 Å². The molecule has 1 aliphatic rings. The van der Waals surface area contributed by atoms with Gasteiger partial charge in [0, 0.05) is 26.2 Å². The maximum absolute atomic E-state index is 13.1. The molecule has 1 heterocycles. The fourth-order valence-electron chi connectivity index (χ4n) is 2.93. The summed E-state index contributed by atoms with van der Waals surface area (Å²) < 4.78 is 13.1. The number of nitrogens with two attached hydrogens (primary N) is 1. The summed E-state index contributed by atoms with van der Waals surface area (Å²) in [6, 6.07) is 3.72. The quantitative estimate of drug-likeness (QED) is 0.857. The van der Waals surface area contributed by atoms with Gasteiger partial charge in [-0.05, 0) is 31.5 Å². The molecule has 0 saturated carbocycles. The van der Waals surface area contributed by atoms with Gasteiger partial charge < -0.3 is 15.5 Å². The molecule has 0 bridgehead atoms. The molecular formula is C17H24Cl2FN3O2. The van der Waals surface area contributed by atoms with Gasteiger partial charge in [0.1, 0.15) is 5.82 Å². The molecule has 0 aromatic heterocycles. The van der Waals surface area contributed by atoms with Crippen LogP contribution in [0.2, 0.25) is 5.02 Å². The van der Waals surface area contributed by atoms with Crippen LogP contribution in [0, 0.1) is 5.82 Å². The van der Waals surface area contributed by atoms with Gasteiger partial charge in [-0.15, -0.1) is 12.4 Å². The van der Waals surface area contributed by atoms with Gasteiger partial charge in [-0.2, -0.15) is 0 Å². The van der Waals surface area contributed by atoms with Crippen LogP contribution in [0.3, 0.4) is 0 Å².